The molecule has 0 unspecified atom stereocenters. The van der Waals surface area contributed by atoms with Crippen LogP contribution >= 0.6 is 0 Å². The topological polar surface area (TPSA) is 89.6 Å². The zero-order valence-electron chi connectivity index (χ0n) is 23.9. The van der Waals surface area contributed by atoms with Gasteiger partial charge in [0.25, 0.3) is 5.91 Å². The van der Waals surface area contributed by atoms with Gasteiger partial charge >= 0.3 is 6.09 Å². The predicted molar refractivity (Wildman–Crippen MR) is 147 cm³/mol. The van der Waals surface area contributed by atoms with Gasteiger partial charge in [0.15, 0.2) is 0 Å². The highest BCUT2D eigenvalue weighted by Gasteiger charge is 2.33. The molecule has 2 aliphatic heterocycles. The van der Waals surface area contributed by atoms with Crippen LogP contribution in [0.5, 0.6) is 5.75 Å². The highest BCUT2D eigenvalue weighted by atomic mass is 16.6. The minimum absolute atomic E-state index is 0.0000994. The van der Waals surface area contributed by atoms with E-state index in [1.165, 1.54) is 0 Å². The van der Waals surface area contributed by atoms with E-state index in [1.807, 2.05) is 36.9 Å². The smallest absolute Gasteiger partial charge is 0.409 e. The summed E-state index contributed by atoms with van der Waals surface area (Å²) in [7, 11) is 3.47. The van der Waals surface area contributed by atoms with Crippen molar-refractivity contribution >= 4 is 12.0 Å². The second-order valence-electron chi connectivity index (χ2n) is 10.7. The van der Waals surface area contributed by atoms with Gasteiger partial charge in [-0.1, -0.05) is 13.0 Å². The van der Waals surface area contributed by atoms with Crippen LogP contribution in [0.15, 0.2) is 18.2 Å². The molecule has 3 rings (SSSR count). The van der Waals surface area contributed by atoms with E-state index in [9.17, 15) is 9.59 Å². The molecule has 38 heavy (non-hydrogen) atoms. The monoisotopic (exact) mass is 533 g/mol. The molecule has 0 radical (unpaired) electrons. The highest BCUT2D eigenvalue weighted by molar-refractivity contribution is 5.95. The molecular weight excluding hydrogens is 486 g/mol. The lowest BCUT2D eigenvalue weighted by Crippen LogP contribution is -2.44. The molecule has 0 aliphatic carbocycles. The Hall–Kier alpha value is -2.36. The van der Waals surface area contributed by atoms with Crippen LogP contribution in [0, 0.1) is 11.8 Å². The summed E-state index contributed by atoms with van der Waals surface area (Å²) in [5, 5.41) is 3.46. The molecule has 0 saturated carbocycles. The Morgan fingerprint density at radius 3 is 2.58 bits per heavy atom. The van der Waals surface area contributed by atoms with Gasteiger partial charge < -0.3 is 34.1 Å². The average molecular weight is 534 g/mol. The molecule has 2 aliphatic rings. The van der Waals surface area contributed by atoms with Crippen molar-refractivity contribution in [2.75, 3.05) is 66.8 Å². The van der Waals surface area contributed by atoms with Crippen LogP contribution in [-0.4, -0.2) is 101 Å². The molecule has 2 fully saturated rings. The van der Waals surface area contributed by atoms with E-state index in [1.54, 1.807) is 19.1 Å². The fourth-order valence-corrected chi connectivity index (χ4v) is 5.12. The SMILES string of the molecule is CCc1ccc(C(=O)N(C[C@@H]2CNC[C@H]2CN(C)C(=O)O[C@@H]2CCCOC2)C(C)C)cc1OCCCOC. The maximum absolute atomic E-state index is 13.7. The first kappa shape index (κ1) is 30.2. The molecule has 2 heterocycles. The standard InChI is InChI=1S/C29H47N3O6/c1-6-22-10-11-23(15-27(22)37-14-8-12-35-5)28(33)32(21(2)3)19-25-17-30-16-24(25)18-31(4)29(34)38-26-9-7-13-36-20-26/h10-11,15,21,24-26,30H,6-9,12-14,16-20H2,1-5H3/t24-,25-,26+/m0/s1. The summed E-state index contributed by atoms with van der Waals surface area (Å²) < 4.78 is 22.2. The van der Waals surface area contributed by atoms with Crippen LogP contribution in [0.4, 0.5) is 4.79 Å². The second kappa shape index (κ2) is 15.3. The van der Waals surface area contributed by atoms with Crippen molar-refractivity contribution in [3.05, 3.63) is 29.3 Å². The van der Waals surface area contributed by atoms with Crippen molar-refractivity contribution in [2.24, 2.45) is 11.8 Å². The molecule has 0 aromatic heterocycles. The lowest BCUT2D eigenvalue weighted by Gasteiger charge is -2.33. The summed E-state index contributed by atoms with van der Waals surface area (Å²) in [6, 6.07) is 5.82. The number of benzene rings is 1. The summed E-state index contributed by atoms with van der Waals surface area (Å²) in [4.78, 5) is 30.0. The summed E-state index contributed by atoms with van der Waals surface area (Å²) in [6.07, 6.45) is 2.91. The van der Waals surface area contributed by atoms with Crippen molar-refractivity contribution in [1.29, 1.82) is 0 Å². The van der Waals surface area contributed by atoms with Crippen LogP contribution in [0.3, 0.4) is 0 Å². The van der Waals surface area contributed by atoms with Crippen LogP contribution in [0.2, 0.25) is 0 Å². The largest absolute Gasteiger partial charge is 0.493 e. The quantitative estimate of drug-likeness (QED) is 0.388. The lowest BCUT2D eigenvalue weighted by molar-refractivity contribution is -0.0263. The molecule has 1 aromatic rings. The summed E-state index contributed by atoms with van der Waals surface area (Å²) >= 11 is 0. The fraction of sp³-hybridized carbons (Fsp3) is 0.724. The number of nitrogens with one attached hydrogen (secondary N) is 1. The third-order valence-corrected chi connectivity index (χ3v) is 7.45. The molecule has 0 spiro atoms. The van der Waals surface area contributed by atoms with Gasteiger partial charge in [-0.2, -0.15) is 0 Å². The Bertz CT molecular complexity index is 889. The number of aryl methyl sites for hydroxylation is 1. The summed E-state index contributed by atoms with van der Waals surface area (Å²) in [5.74, 6) is 1.22. The first-order valence-electron chi connectivity index (χ1n) is 14.1. The molecule has 1 N–H and O–H groups in total. The van der Waals surface area contributed by atoms with Gasteiger partial charge in [-0.15, -0.1) is 0 Å². The molecule has 2 amide bonds. The van der Waals surface area contributed by atoms with Crippen molar-refractivity contribution < 1.29 is 28.5 Å². The number of nitrogens with zero attached hydrogens (tertiary/aromatic N) is 2. The van der Waals surface area contributed by atoms with E-state index in [-0.39, 0.29) is 36.0 Å². The maximum Gasteiger partial charge on any atom is 0.409 e. The Kier molecular flexibility index (Phi) is 12.1. The van der Waals surface area contributed by atoms with E-state index in [0.29, 0.717) is 38.5 Å². The molecule has 214 valence electrons. The number of hydrogen-bond acceptors (Lipinski definition) is 7. The third-order valence-electron chi connectivity index (χ3n) is 7.45. The van der Waals surface area contributed by atoms with Crippen molar-refractivity contribution in [3.63, 3.8) is 0 Å². The van der Waals surface area contributed by atoms with E-state index < -0.39 is 0 Å². The Balaban J connectivity index is 1.63. The minimum Gasteiger partial charge on any atom is -0.493 e. The number of amides is 2. The Morgan fingerprint density at radius 1 is 1.16 bits per heavy atom. The first-order valence-corrected chi connectivity index (χ1v) is 14.1. The molecular formula is C29H47N3O6. The molecule has 9 heteroatoms. The van der Waals surface area contributed by atoms with Crippen molar-refractivity contribution in [1.82, 2.24) is 15.1 Å². The van der Waals surface area contributed by atoms with Crippen molar-refractivity contribution in [3.8, 4) is 5.75 Å². The van der Waals surface area contributed by atoms with Crippen LogP contribution in [0.25, 0.3) is 0 Å². The predicted octanol–water partition coefficient (Wildman–Crippen LogP) is 3.60. The average Bonchev–Trinajstić information content (AvgIpc) is 3.36. The van der Waals surface area contributed by atoms with Crippen LogP contribution in [-0.2, 0) is 20.6 Å². The van der Waals surface area contributed by atoms with Crippen LogP contribution in [0.1, 0.15) is 56.0 Å². The van der Waals surface area contributed by atoms with Gasteiger partial charge in [0.1, 0.15) is 11.9 Å². The summed E-state index contributed by atoms with van der Waals surface area (Å²) in [5.41, 5.74) is 1.72. The zero-order chi connectivity index (χ0) is 27.5. The van der Waals surface area contributed by atoms with Gasteiger partial charge in [0, 0.05) is 71.6 Å². The molecule has 0 bridgehead atoms. The first-order chi connectivity index (χ1) is 18.3. The third kappa shape index (κ3) is 8.58. The minimum atomic E-state index is -0.308. The van der Waals surface area contributed by atoms with Gasteiger partial charge in [-0.05, 0) is 62.6 Å². The number of carbonyl (C=O) groups excluding carboxylic acids is 2. The Morgan fingerprint density at radius 2 is 1.92 bits per heavy atom. The number of carbonyl (C=O) groups is 2. The fourth-order valence-electron chi connectivity index (χ4n) is 5.12. The molecule has 9 nitrogen and oxygen atoms in total. The Labute approximate surface area is 228 Å². The van der Waals surface area contributed by atoms with Gasteiger partial charge in [0.05, 0.1) is 13.2 Å². The molecule has 2 saturated heterocycles. The zero-order valence-corrected chi connectivity index (χ0v) is 23.9. The van der Waals surface area contributed by atoms with Gasteiger partial charge in [-0.25, -0.2) is 4.79 Å². The van der Waals surface area contributed by atoms with Crippen molar-refractivity contribution in [2.45, 2.75) is 58.6 Å². The number of ether oxygens (including phenoxy) is 4. The maximum atomic E-state index is 13.7. The van der Waals surface area contributed by atoms with Gasteiger partial charge in [0.2, 0.25) is 0 Å². The highest BCUT2D eigenvalue weighted by Crippen LogP contribution is 2.25. The number of rotatable bonds is 13. The number of hydrogen-bond donors (Lipinski definition) is 1. The number of methoxy groups -OCH3 is 1. The molecule has 1 aromatic carbocycles. The van der Waals surface area contributed by atoms with E-state index in [4.69, 9.17) is 18.9 Å². The molecule has 3 atom stereocenters. The van der Waals surface area contributed by atoms with Gasteiger partial charge in [-0.3, -0.25) is 4.79 Å². The van der Waals surface area contributed by atoms with E-state index in [2.05, 4.69) is 12.2 Å². The van der Waals surface area contributed by atoms with E-state index in [0.717, 1.165) is 56.7 Å². The van der Waals surface area contributed by atoms with Crippen LogP contribution < -0.4 is 10.1 Å². The van der Waals surface area contributed by atoms with E-state index >= 15 is 0 Å². The normalized spacial score (nSPS) is 21.4. The lowest BCUT2D eigenvalue weighted by atomic mass is 9.94. The summed E-state index contributed by atoms with van der Waals surface area (Å²) in [6.45, 7) is 11.4. The second-order valence-corrected chi connectivity index (χ2v) is 10.7.